The maximum atomic E-state index is 12.9. The van der Waals surface area contributed by atoms with Crippen molar-refractivity contribution in [3.8, 4) is 0 Å². The van der Waals surface area contributed by atoms with E-state index in [4.69, 9.17) is 4.74 Å². The Bertz CT molecular complexity index is 1130. The van der Waals surface area contributed by atoms with Crippen LogP contribution < -0.4 is 5.32 Å². The summed E-state index contributed by atoms with van der Waals surface area (Å²) in [6, 6.07) is 7.88. The van der Waals surface area contributed by atoms with Crippen LogP contribution in [0.5, 0.6) is 0 Å². The van der Waals surface area contributed by atoms with Crippen molar-refractivity contribution in [2.45, 2.75) is 52.0 Å². The van der Waals surface area contributed by atoms with E-state index in [2.05, 4.69) is 21.2 Å². The molecule has 0 atom stereocenters. The molecule has 1 N–H and O–H groups in total. The summed E-state index contributed by atoms with van der Waals surface area (Å²) in [5, 5.41) is 2.71. The summed E-state index contributed by atoms with van der Waals surface area (Å²) in [7, 11) is 0. The Balaban J connectivity index is 1.40. The first-order valence-corrected chi connectivity index (χ1v) is 11.8. The van der Waals surface area contributed by atoms with E-state index in [1.165, 1.54) is 23.1 Å². The molecular formula is C25H25BrN2O5. The number of imide groups is 1. The second-order valence-corrected chi connectivity index (χ2v) is 9.37. The van der Waals surface area contributed by atoms with E-state index in [0.717, 1.165) is 47.7 Å². The average molecular weight is 513 g/mol. The molecule has 1 heterocycles. The Hall–Kier alpha value is -3.00. The molecule has 2 aliphatic rings. The first kappa shape index (κ1) is 23.2. The zero-order valence-corrected chi connectivity index (χ0v) is 20.2. The summed E-state index contributed by atoms with van der Waals surface area (Å²) in [6.07, 6.45) is 4.73. The van der Waals surface area contributed by atoms with Crippen LogP contribution in [0.3, 0.4) is 0 Å². The fraction of sp³-hybridized carbons (Fsp3) is 0.360. The summed E-state index contributed by atoms with van der Waals surface area (Å²) in [5.74, 6) is -1.87. The van der Waals surface area contributed by atoms with Gasteiger partial charge in [0.15, 0.2) is 6.61 Å². The van der Waals surface area contributed by atoms with Gasteiger partial charge in [0.1, 0.15) is 0 Å². The number of hydrogen-bond donors (Lipinski definition) is 1. The lowest BCUT2D eigenvalue weighted by Crippen LogP contribution is -2.40. The fourth-order valence-electron chi connectivity index (χ4n) is 4.49. The molecule has 2 aromatic rings. The molecule has 8 heteroatoms. The van der Waals surface area contributed by atoms with Crippen LogP contribution in [0.1, 0.15) is 74.3 Å². The number of fused-ring (bicyclic) bond motifs is 1. The van der Waals surface area contributed by atoms with E-state index in [1.54, 1.807) is 0 Å². The van der Waals surface area contributed by atoms with Gasteiger partial charge in [-0.1, -0.05) is 35.2 Å². The topological polar surface area (TPSA) is 92.8 Å². The molecule has 0 bridgehead atoms. The van der Waals surface area contributed by atoms with Gasteiger partial charge in [0.25, 0.3) is 17.7 Å². The number of carbonyl (C=O) groups excluding carboxylic acids is 4. The average Bonchev–Trinajstić information content (AvgIpc) is 3.05. The van der Waals surface area contributed by atoms with Gasteiger partial charge in [-0.25, -0.2) is 4.79 Å². The monoisotopic (exact) mass is 512 g/mol. The van der Waals surface area contributed by atoms with Crippen LogP contribution in [0.2, 0.25) is 0 Å². The molecule has 0 saturated heterocycles. The summed E-state index contributed by atoms with van der Waals surface area (Å²) in [5.41, 5.74) is 3.21. The number of esters is 1. The number of aryl methyl sites for hydroxylation is 2. The van der Waals surface area contributed by atoms with Crippen LogP contribution in [-0.4, -0.2) is 41.2 Å². The number of hydrogen-bond acceptors (Lipinski definition) is 5. The number of benzene rings is 2. The first-order chi connectivity index (χ1) is 15.8. The molecule has 0 aromatic heterocycles. The quantitative estimate of drug-likeness (QED) is 0.459. The molecule has 1 saturated carbocycles. The van der Waals surface area contributed by atoms with Gasteiger partial charge in [0.2, 0.25) is 0 Å². The van der Waals surface area contributed by atoms with E-state index in [-0.39, 0.29) is 29.0 Å². The minimum atomic E-state index is -0.729. The highest BCUT2D eigenvalue weighted by molar-refractivity contribution is 9.10. The lowest BCUT2D eigenvalue weighted by molar-refractivity contribution is -0.119. The number of anilines is 1. The Kier molecular flexibility index (Phi) is 6.65. The van der Waals surface area contributed by atoms with Crippen molar-refractivity contribution in [2.75, 3.05) is 11.9 Å². The zero-order chi connectivity index (χ0) is 23.7. The van der Waals surface area contributed by atoms with Crippen molar-refractivity contribution in [3.63, 3.8) is 0 Å². The van der Waals surface area contributed by atoms with Gasteiger partial charge in [0, 0.05) is 16.2 Å². The minimum Gasteiger partial charge on any atom is -0.452 e. The van der Waals surface area contributed by atoms with Gasteiger partial charge in [-0.05, 0) is 68.1 Å². The van der Waals surface area contributed by atoms with Gasteiger partial charge < -0.3 is 10.1 Å². The van der Waals surface area contributed by atoms with E-state index in [1.807, 2.05) is 26.0 Å². The smallest absolute Gasteiger partial charge is 0.338 e. The second-order valence-electron chi connectivity index (χ2n) is 8.58. The maximum Gasteiger partial charge on any atom is 0.338 e. The van der Waals surface area contributed by atoms with Crippen LogP contribution in [-0.2, 0) is 9.53 Å². The van der Waals surface area contributed by atoms with E-state index < -0.39 is 18.5 Å². The Morgan fingerprint density at radius 3 is 2.30 bits per heavy atom. The molecule has 1 aliphatic carbocycles. The summed E-state index contributed by atoms with van der Waals surface area (Å²) in [4.78, 5) is 51.8. The highest BCUT2D eigenvalue weighted by Gasteiger charge is 2.40. The summed E-state index contributed by atoms with van der Waals surface area (Å²) in [6.45, 7) is 3.37. The Labute approximate surface area is 200 Å². The minimum absolute atomic E-state index is 0.0869. The van der Waals surface area contributed by atoms with Crippen molar-refractivity contribution in [1.29, 1.82) is 0 Å². The molecule has 4 rings (SSSR count). The SMILES string of the molecule is Cc1cc(NC(=O)COC(=O)c2ccc3c(c2)C(=O)N(C2CCCCC2)C3=O)cc(C)c1Br. The van der Waals surface area contributed by atoms with Crippen molar-refractivity contribution < 1.29 is 23.9 Å². The predicted molar refractivity (Wildman–Crippen MR) is 126 cm³/mol. The third-order valence-electron chi connectivity index (χ3n) is 6.15. The molecule has 0 unspecified atom stereocenters. The number of nitrogens with one attached hydrogen (secondary N) is 1. The van der Waals surface area contributed by atoms with Gasteiger partial charge in [-0.15, -0.1) is 0 Å². The number of nitrogens with zero attached hydrogens (tertiary/aromatic N) is 1. The molecule has 0 spiro atoms. The summed E-state index contributed by atoms with van der Waals surface area (Å²) < 4.78 is 6.11. The molecule has 1 aliphatic heterocycles. The highest BCUT2D eigenvalue weighted by Crippen LogP contribution is 2.31. The lowest BCUT2D eigenvalue weighted by atomic mass is 9.94. The van der Waals surface area contributed by atoms with Gasteiger partial charge in [-0.3, -0.25) is 19.3 Å². The van der Waals surface area contributed by atoms with E-state index in [0.29, 0.717) is 11.3 Å². The first-order valence-electron chi connectivity index (χ1n) is 11.0. The van der Waals surface area contributed by atoms with E-state index in [9.17, 15) is 19.2 Å². The molecule has 3 amide bonds. The Morgan fingerprint density at radius 1 is 1.00 bits per heavy atom. The molecule has 1 fully saturated rings. The highest BCUT2D eigenvalue weighted by atomic mass is 79.9. The third kappa shape index (κ3) is 4.71. The zero-order valence-electron chi connectivity index (χ0n) is 18.6. The lowest BCUT2D eigenvalue weighted by Gasteiger charge is -2.29. The number of rotatable bonds is 5. The second kappa shape index (κ2) is 9.47. The normalized spacial score (nSPS) is 16.0. The van der Waals surface area contributed by atoms with Crippen LogP contribution in [0.15, 0.2) is 34.8 Å². The van der Waals surface area contributed by atoms with Gasteiger partial charge in [0.05, 0.1) is 16.7 Å². The molecule has 33 heavy (non-hydrogen) atoms. The van der Waals surface area contributed by atoms with Crippen LogP contribution in [0.25, 0.3) is 0 Å². The maximum absolute atomic E-state index is 12.9. The van der Waals surface area contributed by atoms with Gasteiger partial charge >= 0.3 is 5.97 Å². The van der Waals surface area contributed by atoms with Crippen LogP contribution >= 0.6 is 15.9 Å². The largest absolute Gasteiger partial charge is 0.452 e. The number of amides is 3. The third-order valence-corrected chi connectivity index (χ3v) is 7.40. The Morgan fingerprint density at radius 2 is 1.64 bits per heavy atom. The molecule has 7 nitrogen and oxygen atoms in total. The van der Waals surface area contributed by atoms with Crippen LogP contribution in [0.4, 0.5) is 5.69 Å². The van der Waals surface area contributed by atoms with Crippen molar-refractivity contribution >= 4 is 45.3 Å². The standard InChI is InChI=1S/C25H25BrN2O5/c1-14-10-17(11-15(2)22(14)26)27-21(29)13-33-25(32)16-8-9-19-20(12-16)24(31)28(23(19)30)18-6-4-3-5-7-18/h8-12,18H,3-7,13H2,1-2H3,(H,27,29). The molecule has 172 valence electrons. The molecule has 2 aromatic carbocycles. The molecular weight excluding hydrogens is 488 g/mol. The van der Waals surface area contributed by atoms with Crippen molar-refractivity contribution in [2.24, 2.45) is 0 Å². The van der Waals surface area contributed by atoms with E-state index >= 15 is 0 Å². The molecule has 0 radical (unpaired) electrons. The van der Waals surface area contributed by atoms with Gasteiger partial charge in [-0.2, -0.15) is 0 Å². The number of ether oxygens (including phenoxy) is 1. The van der Waals surface area contributed by atoms with Crippen molar-refractivity contribution in [3.05, 3.63) is 62.6 Å². The fourth-order valence-corrected chi connectivity index (χ4v) is 4.72. The predicted octanol–water partition coefficient (Wildman–Crippen LogP) is 4.79. The number of halogens is 1. The van der Waals surface area contributed by atoms with Crippen molar-refractivity contribution in [1.82, 2.24) is 4.90 Å². The summed E-state index contributed by atoms with van der Waals surface area (Å²) >= 11 is 3.48. The van der Waals surface area contributed by atoms with Crippen LogP contribution in [0, 0.1) is 13.8 Å². The number of carbonyl (C=O) groups is 4.